The van der Waals surface area contributed by atoms with E-state index in [-0.39, 0.29) is 16.3 Å². The molecule has 10 heteroatoms. The van der Waals surface area contributed by atoms with Crippen molar-refractivity contribution in [1.29, 1.82) is 0 Å². The molecule has 0 amide bonds. The predicted octanol–water partition coefficient (Wildman–Crippen LogP) is 1.50. The van der Waals surface area contributed by atoms with E-state index >= 15 is 0 Å². The lowest BCUT2D eigenvalue weighted by Crippen LogP contribution is -2.40. The molecule has 0 saturated carbocycles. The number of aliphatic hydroxyl groups excluding tert-OH is 1. The average Bonchev–Trinajstić information content (AvgIpc) is 2.49. The summed E-state index contributed by atoms with van der Waals surface area (Å²) in [5, 5.41) is 12.9. The molecule has 1 aromatic heterocycles. The average molecular weight is 343 g/mol. The first-order valence-corrected chi connectivity index (χ1v) is 7.96. The van der Waals surface area contributed by atoms with Gasteiger partial charge in [0.25, 0.3) is 0 Å². The van der Waals surface area contributed by atoms with Crippen molar-refractivity contribution in [3.05, 3.63) is 11.4 Å². The minimum absolute atomic E-state index is 0.0394. The van der Waals surface area contributed by atoms with Gasteiger partial charge in [0.1, 0.15) is 4.90 Å². The Hall–Kier alpha value is -1.13. The van der Waals surface area contributed by atoms with E-state index in [4.69, 9.17) is 5.11 Å². The lowest BCUT2D eigenvalue weighted by atomic mass is 10.1. The Morgan fingerprint density at radius 2 is 1.77 bits per heavy atom. The maximum absolute atomic E-state index is 12.4. The molecule has 0 fully saturated rings. The molecule has 0 aliphatic rings. The Balaban J connectivity index is 3.21. The number of aromatic nitrogens is 2. The molecule has 0 saturated heterocycles. The van der Waals surface area contributed by atoms with Crippen LogP contribution in [0.1, 0.15) is 32.2 Å². The van der Waals surface area contributed by atoms with Crippen LogP contribution in [-0.4, -0.2) is 41.1 Å². The zero-order valence-electron chi connectivity index (χ0n) is 13.0. The minimum atomic E-state index is -4.80. The third-order valence-electron chi connectivity index (χ3n) is 2.75. The van der Waals surface area contributed by atoms with Crippen molar-refractivity contribution in [1.82, 2.24) is 14.5 Å². The van der Waals surface area contributed by atoms with Crippen LogP contribution < -0.4 is 4.72 Å². The molecule has 0 aromatic carbocycles. The number of nitrogens with zero attached hydrogens (tertiary/aromatic N) is 2. The van der Waals surface area contributed by atoms with Crippen LogP contribution in [0.5, 0.6) is 0 Å². The molecule has 1 heterocycles. The van der Waals surface area contributed by atoms with Gasteiger partial charge in [0, 0.05) is 5.54 Å². The lowest BCUT2D eigenvalue weighted by Gasteiger charge is -2.20. The van der Waals surface area contributed by atoms with Gasteiger partial charge in [-0.25, -0.2) is 13.1 Å². The van der Waals surface area contributed by atoms with Gasteiger partial charge in [-0.1, -0.05) is 0 Å². The summed E-state index contributed by atoms with van der Waals surface area (Å²) < 4.78 is 65.2. The first-order valence-electron chi connectivity index (χ1n) is 6.48. The van der Waals surface area contributed by atoms with Crippen molar-refractivity contribution in [3.63, 3.8) is 0 Å². The van der Waals surface area contributed by atoms with Crippen molar-refractivity contribution >= 4 is 10.0 Å². The lowest BCUT2D eigenvalue weighted by molar-refractivity contribution is -0.208. The molecule has 0 unspecified atom stereocenters. The van der Waals surface area contributed by atoms with Crippen LogP contribution in [0.3, 0.4) is 0 Å². The number of rotatable bonds is 4. The molecule has 128 valence electrons. The second kappa shape index (κ2) is 5.82. The molecule has 0 spiro atoms. The van der Waals surface area contributed by atoms with E-state index in [1.54, 1.807) is 20.8 Å². The van der Waals surface area contributed by atoms with Crippen LogP contribution in [0.15, 0.2) is 4.90 Å². The summed E-state index contributed by atoms with van der Waals surface area (Å²) >= 11 is 0. The quantitative estimate of drug-likeness (QED) is 0.868. The highest BCUT2D eigenvalue weighted by atomic mass is 32.2. The van der Waals surface area contributed by atoms with Crippen molar-refractivity contribution in [2.24, 2.45) is 0 Å². The molecule has 6 nitrogen and oxygen atoms in total. The van der Waals surface area contributed by atoms with Crippen LogP contribution in [0, 0.1) is 13.8 Å². The predicted molar refractivity (Wildman–Crippen MR) is 73.8 cm³/mol. The van der Waals surface area contributed by atoms with Gasteiger partial charge in [-0.3, -0.25) is 4.68 Å². The number of halogens is 3. The Morgan fingerprint density at radius 1 is 1.27 bits per heavy atom. The Bertz CT molecular complexity index is 645. The van der Waals surface area contributed by atoms with Crippen LogP contribution in [-0.2, 0) is 16.6 Å². The summed E-state index contributed by atoms with van der Waals surface area (Å²) in [6.07, 6.45) is -7.41. The molecule has 0 bridgehead atoms. The molecule has 1 atom stereocenters. The molecule has 0 radical (unpaired) electrons. The Labute approximate surface area is 127 Å². The Kier molecular flexibility index (Phi) is 5.00. The number of alkyl halides is 3. The van der Waals surface area contributed by atoms with E-state index in [0.717, 1.165) is 4.68 Å². The highest BCUT2D eigenvalue weighted by Crippen LogP contribution is 2.25. The fraction of sp³-hybridized carbons (Fsp3) is 0.750. The zero-order chi connectivity index (χ0) is 17.5. The summed E-state index contributed by atoms with van der Waals surface area (Å²) in [5.74, 6) is 0. The van der Waals surface area contributed by atoms with Gasteiger partial charge < -0.3 is 5.11 Å². The van der Waals surface area contributed by atoms with Gasteiger partial charge in [-0.15, -0.1) is 0 Å². The normalized spacial score (nSPS) is 15.1. The third kappa shape index (κ3) is 4.43. The minimum Gasteiger partial charge on any atom is -0.382 e. The monoisotopic (exact) mass is 343 g/mol. The summed E-state index contributed by atoms with van der Waals surface area (Å²) in [7, 11) is -3.93. The molecular weight excluding hydrogens is 323 g/mol. The van der Waals surface area contributed by atoms with Crippen molar-refractivity contribution in [3.8, 4) is 0 Å². The number of hydrogen-bond donors (Lipinski definition) is 2. The highest BCUT2D eigenvalue weighted by molar-refractivity contribution is 7.89. The molecule has 1 rings (SSSR count). The summed E-state index contributed by atoms with van der Waals surface area (Å²) in [5.41, 5.74) is -0.633. The van der Waals surface area contributed by atoms with Gasteiger partial charge in [0.05, 0.1) is 17.9 Å². The van der Waals surface area contributed by atoms with Crippen LogP contribution in [0.2, 0.25) is 0 Å². The van der Waals surface area contributed by atoms with Crippen LogP contribution in [0.4, 0.5) is 13.2 Å². The number of nitrogens with one attached hydrogen (secondary N) is 1. The molecule has 0 aliphatic heterocycles. The number of aliphatic hydroxyl groups is 1. The summed E-state index contributed by atoms with van der Waals surface area (Å²) in [4.78, 5) is -0.170. The van der Waals surface area contributed by atoms with Gasteiger partial charge in [0.15, 0.2) is 6.10 Å². The standard InChI is InChI=1S/C12H20F3N3O3S/c1-7-10(22(20,21)17-11(3,4)5)8(2)18(16-7)6-9(19)12(13,14)15/h9,17,19H,6H2,1-5H3/t9-/m0/s1. The zero-order valence-corrected chi connectivity index (χ0v) is 13.8. The first-order chi connectivity index (χ1) is 9.65. The van der Waals surface area contributed by atoms with Crippen LogP contribution >= 0.6 is 0 Å². The fourth-order valence-corrected chi connectivity index (χ4v) is 3.80. The van der Waals surface area contributed by atoms with Crippen LogP contribution in [0.25, 0.3) is 0 Å². The van der Waals surface area contributed by atoms with E-state index in [1.165, 1.54) is 13.8 Å². The molecular formula is C12H20F3N3O3S. The SMILES string of the molecule is Cc1nn(C[C@H](O)C(F)(F)F)c(C)c1S(=O)(=O)NC(C)(C)C. The maximum Gasteiger partial charge on any atom is 0.416 e. The molecule has 22 heavy (non-hydrogen) atoms. The third-order valence-corrected chi connectivity index (χ3v) is 4.76. The highest BCUT2D eigenvalue weighted by Gasteiger charge is 2.39. The largest absolute Gasteiger partial charge is 0.416 e. The second-order valence-electron chi connectivity index (χ2n) is 6.09. The van der Waals surface area contributed by atoms with E-state index < -0.39 is 34.4 Å². The van der Waals surface area contributed by atoms with Gasteiger partial charge in [0.2, 0.25) is 10.0 Å². The maximum atomic E-state index is 12.4. The Morgan fingerprint density at radius 3 is 2.18 bits per heavy atom. The smallest absolute Gasteiger partial charge is 0.382 e. The number of aryl methyl sites for hydroxylation is 1. The van der Waals surface area contributed by atoms with Gasteiger partial charge >= 0.3 is 6.18 Å². The number of sulfonamides is 1. The molecule has 1 aromatic rings. The summed E-state index contributed by atoms with van der Waals surface area (Å²) in [6, 6.07) is 0. The van der Waals surface area contributed by atoms with Crippen molar-refractivity contribution in [2.75, 3.05) is 0 Å². The summed E-state index contributed by atoms with van der Waals surface area (Å²) in [6.45, 7) is 6.81. The van der Waals surface area contributed by atoms with E-state index in [2.05, 4.69) is 9.82 Å². The topological polar surface area (TPSA) is 84.2 Å². The second-order valence-corrected chi connectivity index (χ2v) is 7.71. The van der Waals surface area contributed by atoms with Gasteiger partial charge in [-0.05, 0) is 34.6 Å². The van der Waals surface area contributed by atoms with Crippen molar-refractivity contribution < 1.29 is 26.7 Å². The number of hydrogen-bond acceptors (Lipinski definition) is 4. The van der Waals surface area contributed by atoms with E-state index in [9.17, 15) is 21.6 Å². The van der Waals surface area contributed by atoms with Crippen molar-refractivity contribution in [2.45, 2.75) is 63.9 Å². The fourth-order valence-electron chi connectivity index (χ4n) is 1.97. The van der Waals surface area contributed by atoms with Gasteiger partial charge in [-0.2, -0.15) is 18.3 Å². The van der Waals surface area contributed by atoms with E-state index in [0.29, 0.717) is 0 Å². The molecule has 2 N–H and O–H groups in total. The molecule has 0 aliphatic carbocycles. The van der Waals surface area contributed by atoms with E-state index in [1.807, 2.05) is 0 Å². The first kappa shape index (κ1) is 18.9.